The monoisotopic (exact) mass is 258 g/mol. The third kappa shape index (κ3) is 3.04. The number of hydrogen-bond donors (Lipinski definition) is 1. The van der Waals surface area contributed by atoms with Gasteiger partial charge < -0.3 is 14.6 Å². The van der Waals surface area contributed by atoms with E-state index < -0.39 is 11.5 Å². The van der Waals surface area contributed by atoms with Crippen LogP contribution in [-0.4, -0.2) is 36.5 Å². The van der Waals surface area contributed by atoms with Gasteiger partial charge in [0.05, 0.1) is 18.6 Å². The van der Waals surface area contributed by atoms with Crippen LogP contribution in [0.25, 0.3) is 0 Å². The van der Waals surface area contributed by atoms with E-state index in [1.54, 1.807) is 14.0 Å². The Balaban J connectivity index is 2.97. The Morgan fingerprint density at radius 2 is 2.11 bits per heavy atom. The number of carbonyl (C=O) groups excluding carboxylic acids is 1. The van der Waals surface area contributed by atoms with E-state index in [-0.39, 0.29) is 18.0 Å². The molecule has 1 aliphatic carbocycles. The average molecular weight is 258 g/mol. The quantitative estimate of drug-likeness (QED) is 0.768. The Kier molecular flexibility index (Phi) is 5.60. The maximum Gasteiger partial charge on any atom is 0.312 e. The van der Waals surface area contributed by atoms with Crippen LogP contribution in [0.4, 0.5) is 0 Å². The van der Waals surface area contributed by atoms with Crippen molar-refractivity contribution in [2.75, 3.05) is 13.7 Å². The lowest BCUT2D eigenvalue weighted by Gasteiger charge is -2.44. The first-order chi connectivity index (χ1) is 8.47. The Morgan fingerprint density at radius 3 is 2.61 bits per heavy atom. The molecule has 1 N–H and O–H groups in total. The minimum absolute atomic E-state index is 0.0322. The third-order valence-corrected chi connectivity index (χ3v) is 3.88. The molecule has 3 unspecified atom stereocenters. The van der Waals surface area contributed by atoms with Crippen molar-refractivity contribution < 1.29 is 19.4 Å². The minimum atomic E-state index is -1.09. The summed E-state index contributed by atoms with van der Waals surface area (Å²) >= 11 is 0. The lowest BCUT2D eigenvalue weighted by molar-refractivity contribution is -0.187. The predicted molar refractivity (Wildman–Crippen MR) is 69.2 cm³/mol. The van der Waals surface area contributed by atoms with Gasteiger partial charge in [0, 0.05) is 7.11 Å². The number of hydrogen-bond acceptors (Lipinski definition) is 4. The molecule has 4 nitrogen and oxygen atoms in total. The van der Waals surface area contributed by atoms with E-state index in [1.165, 1.54) is 0 Å². The van der Waals surface area contributed by atoms with Gasteiger partial charge in [-0.15, -0.1) is 0 Å². The highest BCUT2D eigenvalue weighted by Crippen LogP contribution is 2.40. The van der Waals surface area contributed by atoms with Crippen molar-refractivity contribution in [2.24, 2.45) is 11.8 Å². The summed E-state index contributed by atoms with van der Waals surface area (Å²) in [7, 11) is 1.60. The molecular weight excluding hydrogens is 232 g/mol. The largest absolute Gasteiger partial charge is 0.466 e. The second-order valence-corrected chi connectivity index (χ2v) is 5.44. The molecule has 0 spiro atoms. The summed E-state index contributed by atoms with van der Waals surface area (Å²) in [6.07, 6.45) is 3.10. The zero-order chi connectivity index (χ0) is 13.8. The van der Waals surface area contributed by atoms with Crippen LogP contribution in [-0.2, 0) is 14.3 Å². The molecule has 0 aromatic heterocycles. The van der Waals surface area contributed by atoms with Gasteiger partial charge in [-0.3, -0.25) is 4.79 Å². The number of methoxy groups -OCH3 is 1. The van der Waals surface area contributed by atoms with E-state index in [1.807, 2.05) is 13.8 Å². The molecule has 4 heteroatoms. The van der Waals surface area contributed by atoms with Crippen molar-refractivity contribution in [3.63, 3.8) is 0 Å². The summed E-state index contributed by atoms with van der Waals surface area (Å²) in [6.45, 7) is 6.02. The van der Waals surface area contributed by atoms with Crippen LogP contribution >= 0.6 is 0 Å². The van der Waals surface area contributed by atoms with Gasteiger partial charge in [0.25, 0.3) is 0 Å². The standard InChI is InChI=1S/C14H26O4/c1-5-18-13(15)12(10(2)3)14(16)9-7-6-8-11(14)17-4/h10-12,16H,5-9H2,1-4H3. The summed E-state index contributed by atoms with van der Waals surface area (Å²) in [6, 6.07) is 0. The smallest absolute Gasteiger partial charge is 0.312 e. The fourth-order valence-corrected chi connectivity index (χ4v) is 3.11. The molecule has 1 aliphatic rings. The van der Waals surface area contributed by atoms with Crippen molar-refractivity contribution in [1.82, 2.24) is 0 Å². The van der Waals surface area contributed by atoms with Crippen LogP contribution in [0.1, 0.15) is 46.5 Å². The summed E-state index contributed by atoms with van der Waals surface area (Å²) < 4.78 is 10.5. The molecule has 0 bridgehead atoms. The topological polar surface area (TPSA) is 55.8 Å². The van der Waals surface area contributed by atoms with Crippen LogP contribution in [0, 0.1) is 11.8 Å². The summed E-state index contributed by atoms with van der Waals surface area (Å²) in [4.78, 5) is 12.1. The van der Waals surface area contributed by atoms with E-state index in [0.29, 0.717) is 13.0 Å². The molecule has 0 radical (unpaired) electrons. The Hall–Kier alpha value is -0.610. The molecule has 1 saturated carbocycles. The molecule has 0 heterocycles. The molecule has 18 heavy (non-hydrogen) atoms. The molecule has 1 fully saturated rings. The van der Waals surface area contributed by atoms with Crippen LogP contribution in [0.2, 0.25) is 0 Å². The lowest BCUT2D eigenvalue weighted by atomic mass is 9.69. The normalized spacial score (nSPS) is 30.2. The maximum absolute atomic E-state index is 12.1. The molecule has 3 atom stereocenters. The Labute approximate surface area is 110 Å². The van der Waals surface area contributed by atoms with Crippen molar-refractivity contribution in [3.05, 3.63) is 0 Å². The SMILES string of the molecule is CCOC(=O)C(C(C)C)C1(O)CCCCC1OC. The van der Waals surface area contributed by atoms with Crippen molar-refractivity contribution in [3.8, 4) is 0 Å². The van der Waals surface area contributed by atoms with Gasteiger partial charge in [0.15, 0.2) is 0 Å². The van der Waals surface area contributed by atoms with Crippen LogP contribution < -0.4 is 0 Å². The average Bonchev–Trinajstić information content (AvgIpc) is 2.29. The van der Waals surface area contributed by atoms with Crippen molar-refractivity contribution >= 4 is 5.97 Å². The minimum Gasteiger partial charge on any atom is -0.466 e. The van der Waals surface area contributed by atoms with Gasteiger partial charge in [-0.25, -0.2) is 0 Å². The molecule has 0 amide bonds. The van der Waals surface area contributed by atoms with Gasteiger partial charge in [-0.1, -0.05) is 26.7 Å². The highest BCUT2D eigenvalue weighted by Gasteiger charge is 2.50. The summed E-state index contributed by atoms with van der Waals surface area (Å²) in [5.74, 6) is -0.786. The zero-order valence-corrected chi connectivity index (χ0v) is 11.9. The molecular formula is C14H26O4. The first kappa shape index (κ1) is 15.4. The first-order valence-electron chi connectivity index (χ1n) is 6.89. The maximum atomic E-state index is 12.1. The third-order valence-electron chi connectivity index (χ3n) is 3.88. The lowest BCUT2D eigenvalue weighted by Crippen LogP contribution is -2.56. The second-order valence-electron chi connectivity index (χ2n) is 5.44. The molecule has 0 aromatic rings. The van der Waals surface area contributed by atoms with E-state index >= 15 is 0 Å². The second kappa shape index (κ2) is 6.53. The molecule has 106 valence electrons. The van der Waals surface area contributed by atoms with Crippen LogP contribution in [0.5, 0.6) is 0 Å². The molecule has 0 aromatic carbocycles. The van der Waals surface area contributed by atoms with Crippen molar-refractivity contribution in [1.29, 1.82) is 0 Å². The number of aliphatic hydroxyl groups is 1. The summed E-state index contributed by atoms with van der Waals surface area (Å²) in [5, 5.41) is 10.9. The fourth-order valence-electron chi connectivity index (χ4n) is 3.11. The first-order valence-corrected chi connectivity index (χ1v) is 6.89. The van der Waals surface area contributed by atoms with Gasteiger partial charge >= 0.3 is 5.97 Å². The van der Waals surface area contributed by atoms with E-state index in [0.717, 1.165) is 19.3 Å². The summed E-state index contributed by atoms with van der Waals surface area (Å²) in [5.41, 5.74) is -1.09. The van der Waals surface area contributed by atoms with Crippen LogP contribution in [0.3, 0.4) is 0 Å². The van der Waals surface area contributed by atoms with Gasteiger partial charge in [-0.05, 0) is 25.7 Å². The van der Waals surface area contributed by atoms with Crippen molar-refractivity contribution in [2.45, 2.75) is 58.2 Å². The van der Waals surface area contributed by atoms with E-state index in [4.69, 9.17) is 9.47 Å². The highest BCUT2D eigenvalue weighted by molar-refractivity contribution is 5.74. The Morgan fingerprint density at radius 1 is 1.44 bits per heavy atom. The van der Waals surface area contributed by atoms with Crippen LogP contribution in [0.15, 0.2) is 0 Å². The highest BCUT2D eigenvalue weighted by atomic mass is 16.5. The number of carbonyl (C=O) groups is 1. The fraction of sp³-hybridized carbons (Fsp3) is 0.929. The predicted octanol–water partition coefficient (Wildman–Crippen LogP) is 2.14. The van der Waals surface area contributed by atoms with E-state index in [9.17, 15) is 9.90 Å². The zero-order valence-electron chi connectivity index (χ0n) is 11.9. The molecule has 0 aliphatic heterocycles. The Bertz CT molecular complexity index is 277. The van der Waals surface area contributed by atoms with Gasteiger partial charge in [0.1, 0.15) is 5.60 Å². The number of rotatable bonds is 5. The number of ether oxygens (including phenoxy) is 2. The number of esters is 1. The van der Waals surface area contributed by atoms with Gasteiger partial charge in [-0.2, -0.15) is 0 Å². The van der Waals surface area contributed by atoms with Gasteiger partial charge in [0.2, 0.25) is 0 Å². The molecule has 0 saturated heterocycles. The van der Waals surface area contributed by atoms with E-state index in [2.05, 4.69) is 0 Å². The molecule has 1 rings (SSSR count).